The normalized spacial score (nSPS) is 34.8. The lowest BCUT2D eigenvalue weighted by Gasteiger charge is -1.99. The molecule has 2 N–H and O–H groups in total. The van der Waals surface area contributed by atoms with Gasteiger partial charge in [0.1, 0.15) is 6.04 Å². The van der Waals surface area contributed by atoms with Gasteiger partial charge in [-0.3, -0.25) is 4.79 Å². The van der Waals surface area contributed by atoms with Gasteiger partial charge in [0.25, 0.3) is 0 Å². The Morgan fingerprint density at radius 2 is 2.44 bits per heavy atom. The Bertz CT molecular complexity index is 128. The summed E-state index contributed by atoms with van der Waals surface area (Å²) in [5.74, 6) is -0.772. The number of carbonyl (C=O) groups is 1. The van der Waals surface area contributed by atoms with Crippen molar-refractivity contribution in [3.63, 3.8) is 0 Å². The quantitative estimate of drug-likeness (QED) is 0.447. The summed E-state index contributed by atoms with van der Waals surface area (Å²) in [5.41, 5.74) is 0. The molecule has 3 nitrogen and oxygen atoms in total. The van der Waals surface area contributed by atoms with E-state index in [1.54, 1.807) is 0 Å². The molecular formula is C5H9NO2S. The van der Waals surface area contributed by atoms with Crippen molar-refractivity contribution in [3.05, 3.63) is 0 Å². The molecule has 1 aliphatic rings. The van der Waals surface area contributed by atoms with Crippen molar-refractivity contribution in [3.8, 4) is 0 Å². The summed E-state index contributed by atoms with van der Waals surface area (Å²) in [6.45, 7) is 0.708. The second-order valence-electron chi connectivity index (χ2n) is 2.19. The van der Waals surface area contributed by atoms with Crippen LogP contribution in [0.3, 0.4) is 0 Å². The Kier molecular flexibility index (Phi) is 1.97. The average molecular weight is 147 g/mol. The molecular weight excluding hydrogens is 138 g/mol. The van der Waals surface area contributed by atoms with E-state index in [1.807, 2.05) is 0 Å². The second kappa shape index (κ2) is 2.58. The fraction of sp³-hybridized carbons (Fsp3) is 0.800. The lowest BCUT2D eigenvalue weighted by atomic mass is 10.2. The molecule has 0 radical (unpaired) electrons. The Hall–Kier alpha value is -0.220. The zero-order chi connectivity index (χ0) is 6.85. The van der Waals surface area contributed by atoms with Crippen LogP contribution in [0.5, 0.6) is 0 Å². The van der Waals surface area contributed by atoms with E-state index in [2.05, 4.69) is 17.9 Å². The first-order valence-electron chi connectivity index (χ1n) is 2.84. The number of carboxylic acid groups (broad SMARTS) is 1. The zero-order valence-corrected chi connectivity index (χ0v) is 5.77. The molecule has 1 fully saturated rings. The van der Waals surface area contributed by atoms with Crippen molar-refractivity contribution >= 4 is 18.6 Å². The fourth-order valence-corrected chi connectivity index (χ4v) is 1.22. The van der Waals surface area contributed by atoms with Gasteiger partial charge in [0.15, 0.2) is 0 Å². The van der Waals surface area contributed by atoms with Crippen molar-refractivity contribution in [2.75, 3.05) is 6.54 Å². The van der Waals surface area contributed by atoms with Crippen LogP contribution in [-0.2, 0) is 4.79 Å². The maximum atomic E-state index is 10.3. The third-order valence-electron chi connectivity index (χ3n) is 1.41. The highest BCUT2D eigenvalue weighted by Gasteiger charge is 2.26. The summed E-state index contributed by atoms with van der Waals surface area (Å²) in [5, 5.41) is 11.5. The van der Waals surface area contributed by atoms with Crippen LogP contribution in [0.2, 0.25) is 0 Å². The highest BCUT2D eigenvalue weighted by Crippen LogP contribution is 2.11. The average Bonchev–Trinajstić information content (AvgIpc) is 2.14. The lowest BCUT2D eigenvalue weighted by Crippen LogP contribution is -2.29. The van der Waals surface area contributed by atoms with Crippen molar-refractivity contribution in [2.24, 2.45) is 0 Å². The van der Waals surface area contributed by atoms with Crippen LogP contribution in [0.1, 0.15) is 6.42 Å². The highest BCUT2D eigenvalue weighted by atomic mass is 32.1. The summed E-state index contributed by atoms with van der Waals surface area (Å²) < 4.78 is 0. The van der Waals surface area contributed by atoms with Crippen LogP contribution < -0.4 is 5.32 Å². The molecule has 52 valence electrons. The van der Waals surface area contributed by atoms with Crippen LogP contribution in [-0.4, -0.2) is 28.9 Å². The smallest absolute Gasteiger partial charge is 0.320 e. The zero-order valence-electron chi connectivity index (χ0n) is 4.87. The number of carboxylic acids is 1. The molecule has 9 heavy (non-hydrogen) atoms. The molecule has 2 atom stereocenters. The molecule has 1 rings (SSSR count). The number of rotatable bonds is 1. The van der Waals surface area contributed by atoms with Crippen LogP contribution in [0.4, 0.5) is 0 Å². The van der Waals surface area contributed by atoms with Gasteiger partial charge < -0.3 is 10.4 Å². The first kappa shape index (κ1) is 6.89. The molecule has 4 heteroatoms. The molecule has 0 spiro atoms. The van der Waals surface area contributed by atoms with Gasteiger partial charge in [-0.25, -0.2) is 0 Å². The van der Waals surface area contributed by atoms with E-state index in [0.717, 1.165) is 0 Å². The Morgan fingerprint density at radius 3 is 2.67 bits per heavy atom. The minimum atomic E-state index is -0.772. The number of hydrogen-bond donors (Lipinski definition) is 3. The van der Waals surface area contributed by atoms with Gasteiger partial charge in [0.2, 0.25) is 0 Å². The van der Waals surface area contributed by atoms with Crippen molar-refractivity contribution in [2.45, 2.75) is 17.7 Å². The van der Waals surface area contributed by atoms with Gasteiger partial charge in [0.05, 0.1) is 0 Å². The molecule has 0 bridgehead atoms. The van der Waals surface area contributed by atoms with Gasteiger partial charge in [-0.2, -0.15) is 12.6 Å². The van der Waals surface area contributed by atoms with E-state index in [-0.39, 0.29) is 11.3 Å². The van der Waals surface area contributed by atoms with E-state index < -0.39 is 5.97 Å². The van der Waals surface area contributed by atoms with Gasteiger partial charge >= 0.3 is 5.97 Å². The van der Waals surface area contributed by atoms with Gasteiger partial charge in [-0.15, -0.1) is 0 Å². The van der Waals surface area contributed by atoms with Crippen LogP contribution in [0, 0.1) is 0 Å². The molecule has 0 saturated carbocycles. The number of aliphatic carboxylic acids is 1. The maximum Gasteiger partial charge on any atom is 0.320 e. The largest absolute Gasteiger partial charge is 0.480 e. The predicted molar refractivity (Wildman–Crippen MR) is 36.8 cm³/mol. The molecule has 0 aromatic heterocycles. The van der Waals surface area contributed by atoms with E-state index >= 15 is 0 Å². The SMILES string of the molecule is O=C(O)[C@@H]1CC(S)CN1. The summed E-state index contributed by atoms with van der Waals surface area (Å²) in [4.78, 5) is 10.3. The topological polar surface area (TPSA) is 49.3 Å². The summed E-state index contributed by atoms with van der Waals surface area (Å²) in [6, 6.07) is -0.368. The Morgan fingerprint density at radius 1 is 1.78 bits per heavy atom. The van der Waals surface area contributed by atoms with Crippen LogP contribution in [0.25, 0.3) is 0 Å². The highest BCUT2D eigenvalue weighted by molar-refractivity contribution is 7.81. The number of thiol groups is 1. The summed E-state index contributed by atoms with van der Waals surface area (Å²) >= 11 is 4.12. The van der Waals surface area contributed by atoms with Crippen LogP contribution >= 0.6 is 12.6 Å². The minimum Gasteiger partial charge on any atom is -0.480 e. The van der Waals surface area contributed by atoms with Crippen molar-refractivity contribution in [1.82, 2.24) is 5.32 Å². The summed E-state index contributed by atoms with van der Waals surface area (Å²) in [6.07, 6.45) is 0.637. The molecule has 1 saturated heterocycles. The van der Waals surface area contributed by atoms with E-state index in [1.165, 1.54) is 0 Å². The monoisotopic (exact) mass is 147 g/mol. The van der Waals surface area contributed by atoms with E-state index in [4.69, 9.17) is 5.11 Å². The molecule has 1 unspecified atom stereocenters. The summed E-state index contributed by atoms with van der Waals surface area (Å²) in [7, 11) is 0. The fourth-order valence-electron chi connectivity index (χ4n) is 0.905. The second-order valence-corrected chi connectivity index (χ2v) is 2.92. The number of hydrogen-bond acceptors (Lipinski definition) is 3. The first-order chi connectivity index (χ1) is 4.20. The molecule has 0 aromatic carbocycles. The lowest BCUT2D eigenvalue weighted by molar-refractivity contribution is -0.139. The van der Waals surface area contributed by atoms with Gasteiger partial charge in [-0.05, 0) is 6.42 Å². The molecule has 1 aliphatic heterocycles. The molecule has 0 amide bonds. The molecule has 0 aromatic rings. The van der Waals surface area contributed by atoms with Crippen molar-refractivity contribution < 1.29 is 9.90 Å². The molecule has 0 aliphatic carbocycles. The first-order valence-corrected chi connectivity index (χ1v) is 3.36. The Balaban J connectivity index is 2.39. The van der Waals surface area contributed by atoms with E-state index in [0.29, 0.717) is 13.0 Å². The predicted octanol–water partition coefficient (Wildman–Crippen LogP) is -0.269. The molecule has 1 heterocycles. The standard InChI is InChI=1S/C5H9NO2S/c7-5(8)4-1-3(9)2-6-4/h3-4,6,9H,1-2H2,(H,7,8)/t3?,4-/m0/s1. The van der Waals surface area contributed by atoms with Crippen LogP contribution in [0.15, 0.2) is 0 Å². The number of nitrogens with one attached hydrogen (secondary N) is 1. The minimum absolute atomic E-state index is 0.214. The van der Waals surface area contributed by atoms with E-state index in [9.17, 15) is 4.79 Å². The Labute approximate surface area is 58.9 Å². The van der Waals surface area contributed by atoms with Crippen molar-refractivity contribution in [1.29, 1.82) is 0 Å². The van der Waals surface area contributed by atoms with Gasteiger partial charge in [0, 0.05) is 11.8 Å². The maximum absolute atomic E-state index is 10.3. The third kappa shape index (κ3) is 1.59. The third-order valence-corrected chi connectivity index (χ3v) is 1.80. The van der Waals surface area contributed by atoms with Gasteiger partial charge in [-0.1, -0.05) is 0 Å².